The molecule has 14 heavy (non-hydrogen) atoms. The van der Waals surface area contributed by atoms with E-state index in [4.69, 9.17) is 16.2 Å². The molecule has 0 bridgehead atoms. The molecule has 0 radical (unpaired) electrons. The van der Waals surface area contributed by atoms with Gasteiger partial charge in [0, 0.05) is 5.56 Å². The Hall–Kier alpha value is -2.15. The molecule has 0 aromatic heterocycles. The highest BCUT2D eigenvalue weighted by molar-refractivity contribution is 5.92. The number of carbonyl (C=O) groups excluding carboxylic acids is 1. The lowest BCUT2D eigenvalue weighted by atomic mass is 10.2. The second-order valence-corrected chi connectivity index (χ2v) is 2.57. The molecule has 0 spiro atoms. The van der Waals surface area contributed by atoms with E-state index in [0.29, 0.717) is 17.0 Å². The lowest BCUT2D eigenvalue weighted by Crippen LogP contribution is -2.06. The number of nitrogens with two attached hydrogens (primary N) is 2. The number of anilines is 1. The zero-order valence-corrected chi connectivity index (χ0v) is 7.70. The van der Waals surface area contributed by atoms with Crippen LogP contribution in [0.15, 0.2) is 18.2 Å². The molecule has 0 aliphatic rings. The van der Waals surface area contributed by atoms with Crippen LogP contribution in [0.2, 0.25) is 0 Å². The van der Waals surface area contributed by atoms with Crippen LogP contribution in [-0.2, 0) is 4.79 Å². The number of rotatable bonds is 1. The van der Waals surface area contributed by atoms with Crippen LogP contribution in [0.1, 0.15) is 5.56 Å². The molecular formula is C10H10N2O2. The van der Waals surface area contributed by atoms with Gasteiger partial charge in [0.2, 0.25) is 0 Å². The molecule has 0 unspecified atom stereocenters. The number of amides is 1. The Morgan fingerprint density at radius 1 is 1.50 bits per heavy atom. The van der Waals surface area contributed by atoms with Crippen molar-refractivity contribution in [1.29, 1.82) is 0 Å². The van der Waals surface area contributed by atoms with E-state index in [9.17, 15) is 4.79 Å². The fraction of sp³-hybridized carbons (Fsp3) is 0.100. The Labute approximate surface area is 81.8 Å². The van der Waals surface area contributed by atoms with Crippen molar-refractivity contribution < 1.29 is 9.53 Å². The van der Waals surface area contributed by atoms with Gasteiger partial charge in [-0.15, -0.1) is 0 Å². The minimum Gasteiger partial charge on any atom is -0.495 e. The van der Waals surface area contributed by atoms with Crippen LogP contribution in [0, 0.1) is 11.8 Å². The average molecular weight is 190 g/mol. The topological polar surface area (TPSA) is 78.3 Å². The van der Waals surface area contributed by atoms with Crippen molar-refractivity contribution in [3.05, 3.63) is 23.8 Å². The van der Waals surface area contributed by atoms with Gasteiger partial charge in [0.25, 0.3) is 5.91 Å². The van der Waals surface area contributed by atoms with Crippen molar-refractivity contribution in [3.63, 3.8) is 0 Å². The third kappa shape index (κ3) is 2.42. The summed E-state index contributed by atoms with van der Waals surface area (Å²) >= 11 is 0. The summed E-state index contributed by atoms with van der Waals surface area (Å²) in [7, 11) is 1.53. The highest BCUT2D eigenvalue weighted by atomic mass is 16.5. The van der Waals surface area contributed by atoms with Crippen molar-refractivity contribution in [1.82, 2.24) is 0 Å². The molecule has 4 heteroatoms. The molecule has 0 saturated carbocycles. The summed E-state index contributed by atoms with van der Waals surface area (Å²) in [5.74, 6) is 4.71. The van der Waals surface area contributed by atoms with Gasteiger partial charge in [-0.2, -0.15) is 0 Å². The van der Waals surface area contributed by atoms with Crippen LogP contribution >= 0.6 is 0 Å². The Balaban J connectivity index is 2.99. The molecule has 0 saturated heterocycles. The number of benzene rings is 1. The summed E-state index contributed by atoms with van der Waals surface area (Å²) in [6, 6.07) is 5.00. The highest BCUT2D eigenvalue weighted by Crippen LogP contribution is 2.21. The molecule has 4 N–H and O–H groups in total. The van der Waals surface area contributed by atoms with Gasteiger partial charge in [-0.1, -0.05) is 5.92 Å². The summed E-state index contributed by atoms with van der Waals surface area (Å²) in [6.07, 6.45) is 0. The third-order valence-corrected chi connectivity index (χ3v) is 1.56. The first-order valence-electron chi connectivity index (χ1n) is 3.88. The fourth-order valence-electron chi connectivity index (χ4n) is 0.946. The van der Waals surface area contributed by atoms with Crippen LogP contribution < -0.4 is 16.2 Å². The number of ether oxygens (including phenoxy) is 1. The largest absolute Gasteiger partial charge is 0.495 e. The molecule has 1 rings (SSSR count). The lowest BCUT2D eigenvalue weighted by molar-refractivity contribution is -0.112. The first kappa shape index (κ1) is 9.93. The number of primary amides is 1. The molecule has 1 amide bonds. The van der Waals surface area contributed by atoms with Crippen LogP contribution in [-0.4, -0.2) is 13.0 Å². The molecule has 0 aliphatic heterocycles. The SMILES string of the molecule is COc1ccc(C#CC(N)=O)cc1N. The Morgan fingerprint density at radius 3 is 2.71 bits per heavy atom. The lowest BCUT2D eigenvalue weighted by Gasteiger charge is -2.03. The van der Waals surface area contributed by atoms with E-state index in [0.717, 1.165) is 0 Å². The first-order valence-corrected chi connectivity index (χ1v) is 3.88. The van der Waals surface area contributed by atoms with E-state index in [1.807, 2.05) is 0 Å². The van der Waals surface area contributed by atoms with Gasteiger partial charge in [0.15, 0.2) is 0 Å². The van der Waals surface area contributed by atoms with E-state index in [2.05, 4.69) is 11.8 Å². The number of nitrogen functional groups attached to an aromatic ring is 1. The quantitative estimate of drug-likeness (QED) is 0.487. The predicted octanol–water partition coefficient (Wildman–Crippen LogP) is 0.114. The van der Waals surface area contributed by atoms with E-state index in [1.54, 1.807) is 18.2 Å². The van der Waals surface area contributed by atoms with Gasteiger partial charge in [0.1, 0.15) is 5.75 Å². The number of carbonyl (C=O) groups is 1. The fourth-order valence-corrected chi connectivity index (χ4v) is 0.946. The average Bonchev–Trinajstić information content (AvgIpc) is 2.15. The normalized spacial score (nSPS) is 8.64. The zero-order chi connectivity index (χ0) is 10.6. The Bertz CT molecular complexity index is 416. The van der Waals surface area contributed by atoms with Crippen LogP contribution in [0.5, 0.6) is 5.75 Å². The van der Waals surface area contributed by atoms with E-state index >= 15 is 0 Å². The van der Waals surface area contributed by atoms with Gasteiger partial charge in [0.05, 0.1) is 12.8 Å². The third-order valence-electron chi connectivity index (χ3n) is 1.56. The van der Waals surface area contributed by atoms with E-state index < -0.39 is 5.91 Å². The molecule has 0 atom stereocenters. The molecule has 0 heterocycles. The molecule has 1 aromatic carbocycles. The van der Waals surface area contributed by atoms with Crippen molar-refractivity contribution >= 4 is 11.6 Å². The summed E-state index contributed by atoms with van der Waals surface area (Å²) in [4.78, 5) is 10.4. The maximum atomic E-state index is 10.4. The highest BCUT2D eigenvalue weighted by Gasteiger charge is 1.98. The molecule has 4 nitrogen and oxygen atoms in total. The van der Waals surface area contributed by atoms with Gasteiger partial charge in [-0.3, -0.25) is 4.79 Å². The van der Waals surface area contributed by atoms with Crippen LogP contribution in [0.3, 0.4) is 0 Å². The van der Waals surface area contributed by atoms with Crippen molar-refractivity contribution in [2.24, 2.45) is 5.73 Å². The second kappa shape index (κ2) is 4.19. The zero-order valence-electron chi connectivity index (χ0n) is 7.70. The van der Waals surface area contributed by atoms with Gasteiger partial charge in [-0.25, -0.2) is 0 Å². The maximum Gasteiger partial charge on any atom is 0.293 e. The Kier molecular flexibility index (Phi) is 2.97. The molecule has 1 aromatic rings. The monoisotopic (exact) mass is 190 g/mol. The standard InChI is InChI=1S/C10H10N2O2/c1-14-9-4-2-7(6-8(9)11)3-5-10(12)13/h2,4,6H,11H2,1H3,(H2,12,13). The number of hydrogen-bond acceptors (Lipinski definition) is 3. The molecular weight excluding hydrogens is 180 g/mol. The smallest absolute Gasteiger partial charge is 0.293 e. The van der Waals surface area contributed by atoms with Crippen LogP contribution in [0.4, 0.5) is 5.69 Å². The van der Waals surface area contributed by atoms with Crippen molar-refractivity contribution in [2.75, 3.05) is 12.8 Å². The van der Waals surface area contributed by atoms with Gasteiger partial charge < -0.3 is 16.2 Å². The molecule has 0 fully saturated rings. The second-order valence-electron chi connectivity index (χ2n) is 2.57. The number of methoxy groups -OCH3 is 1. The predicted molar refractivity (Wildman–Crippen MR) is 53.5 cm³/mol. The first-order chi connectivity index (χ1) is 6.63. The number of hydrogen-bond donors (Lipinski definition) is 2. The van der Waals surface area contributed by atoms with E-state index in [1.165, 1.54) is 7.11 Å². The van der Waals surface area contributed by atoms with Crippen molar-refractivity contribution in [2.45, 2.75) is 0 Å². The van der Waals surface area contributed by atoms with Crippen LogP contribution in [0.25, 0.3) is 0 Å². The molecule has 0 aliphatic carbocycles. The minimum atomic E-state index is -0.667. The maximum absolute atomic E-state index is 10.4. The summed E-state index contributed by atoms with van der Waals surface area (Å²) in [5, 5.41) is 0. The summed E-state index contributed by atoms with van der Waals surface area (Å²) < 4.78 is 4.96. The van der Waals surface area contributed by atoms with Gasteiger partial charge in [-0.05, 0) is 24.1 Å². The summed E-state index contributed by atoms with van der Waals surface area (Å²) in [5.41, 5.74) is 11.6. The van der Waals surface area contributed by atoms with E-state index in [-0.39, 0.29) is 0 Å². The molecule has 72 valence electrons. The summed E-state index contributed by atoms with van der Waals surface area (Å²) in [6.45, 7) is 0. The van der Waals surface area contributed by atoms with Crippen molar-refractivity contribution in [3.8, 4) is 17.6 Å². The van der Waals surface area contributed by atoms with Gasteiger partial charge >= 0.3 is 0 Å². The minimum absolute atomic E-state index is 0.476. The Morgan fingerprint density at radius 2 is 2.21 bits per heavy atom.